The Morgan fingerprint density at radius 1 is 1.27 bits per heavy atom. The molecule has 0 atom stereocenters. The van der Waals surface area contributed by atoms with E-state index in [1.165, 1.54) is 0 Å². The van der Waals surface area contributed by atoms with Gasteiger partial charge in [-0.25, -0.2) is 4.79 Å². The molecule has 0 aliphatic carbocycles. The predicted molar refractivity (Wildman–Crippen MR) is 60.6 cm³/mol. The molecule has 0 bridgehead atoms. The van der Waals surface area contributed by atoms with E-state index in [9.17, 15) is 4.79 Å². The molecule has 0 radical (unpaired) electrons. The van der Waals surface area contributed by atoms with Crippen LogP contribution in [0.5, 0.6) is 0 Å². The molecule has 78 valence electrons. The molecular weight excluding hydrogens is 208 g/mol. The molecule has 2 nitrogen and oxygen atoms in total. The Kier molecular flexibility index (Phi) is 3.45. The molecule has 1 aromatic rings. The summed E-state index contributed by atoms with van der Waals surface area (Å²) in [6.45, 7) is 0.562. The molecule has 0 N–H and O–H groups in total. The highest BCUT2D eigenvalue weighted by Gasteiger charge is 2.15. The van der Waals surface area contributed by atoms with Gasteiger partial charge in [0.15, 0.2) is 0 Å². The summed E-state index contributed by atoms with van der Waals surface area (Å²) in [6, 6.07) is 10.00. The number of carbonyl (C=O) groups is 1. The molecule has 1 saturated heterocycles. The zero-order chi connectivity index (χ0) is 10.5. The number of carbonyl (C=O) groups excluding carboxylic acids is 1. The largest absolute Gasteiger partial charge is 0.462 e. The fraction of sp³-hybridized carbons (Fsp3) is 0.250. The van der Waals surface area contributed by atoms with Crippen molar-refractivity contribution in [1.82, 2.24) is 0 Å². The van der Waals surface area contributed by atoms with Crippen LogP contribution in [0.3, 0.4) is 0 Å². The van der Waals surface area contributed by atoms with E-state index in [4.69, 9.17) is 4.74 Å². The Balaban J connectivity index is 2.01. The minimum atomic E-state index is -0.162. The summed E-state index contributed by atoms with van der Waals surface area (Å²) in [5, 5.41) is 1.90. The summed E-state index contributed by atoms with van der Waals surface area (Å²) < 4.78 is 4.96. The number of hydrogen-bond acceptors (Lipinski definition) is 3. The van der Waals surface area contributed by atoms with Crippen molar-refractivity contribution in [3.05, 3.63) is 41.3 Å². The number of thioether (sulfide) groups is 1. The van der Waals surface area contributed by atoms with Crippen LogP contribution in [0.2, 0.25) is 0 Å². The average molecular weight is 220 g/mol. The Morgan fingerprint density at radius 2 is 2.07 bits per heavy atom. The van der Waals surface area contributed by atoms with Gasteiger partial charge in [-0.05, 0) is 30.4 Å². The summed E-state index contributed by atoms with van der Waals surface area (Å²) in [5.74, 6) is -0.162. The van der Waals surface area contributed by atoms with Crippen molar-refractivity contribution in [2.75, 3.05) is 6.61 Å². The lowest BCUT2D eigenvalue weighted by molar-refractivity contribution is -0.141. The van der Waals surface area contributed by atoms with Crippen molar-refractivity contribution in [1.29, 1.82) is 0 Å². The van der Waals surface area contributed by atoms with Crippen LogP contribution in [0, 0.1) is 0 Å². The van der Waals surface area contributed by atoms with Gasteiger partial charge in [-0.15, -0.1) is 0 Å². The van der Waals surface area contributed by atoms with Gasteiger partial charge in [0.1, 0.15) is 0 Å². The number of ether oxygens (including phenoxy) is 1. The zero-order valence-electron chi connectivity index (χ0n) is 8.31. The lowest BCUT2D eigenvalue weighted by Gasteiger charge is -2.13. The average Bonchev–Trinajstić information content (AvgIpc) is 2.29. The standard InChI is InChI=1S/C12H12O2S/c13-12-10(5-4-8-14-12)9-15-11-6-2-1-3-7-11/h1-3,6-7,9H,4-5,8H2/b10-9-. The number of rotatable bonds is 2. The van der Waals surface area contributed by atoms with Gasteiger partial charge < -0.3 is 4.74 Å². The number of hydrogen-bond donors (Lipinski definition) is 0. The maximum atomic E-state index is 11.3. The topological polar surface area (TPSA) is 26.3 Å². The predicted octanol–water partition coefficient (Wildman–Crippen LogP) is 3.00. The third kappa shape index (κ3) is 2.86. The van der Waals surface area contributed by atoms with Gasteiger partial charge in [0.05, 0.1) is 6.61 Å². The minimum absolute atomic E-state index is 0.162. The molecule has 0 saturated carbocycles. The summed E-state index contributed by atoms with van der Waals surface area (Å²) in [4.78, 5) is 12.5. The fourth-order valence-corrected chi connectivity index (χ4v) is 2.17. The van der Waals surface area contributed by atoms with Gasteiger partial charge in [0, 0.05) is 10.5 Å². The first-order valence-corrected chi connectivity index (χ1v) is 5.82. The minimum Gasteiger partial charge on any atom is -0.462 e. The second kappa shape index (κ2) is 5.03. The van der Waals surface area contributed by atoms with Crippen molar-refractivity contribution in [2.24, 2.45) is 0 Å². The second-order valence-electron chi connectivity index (χ2n) is 3.31. The monoisotopic (exact) mass is 220 g/mol. The van der Waals surface area contributed by atoms with Crippen LogP contribution >= 0.6 is 11.8 Å². The van der Waals surface area contributed by atoms with Crippen LogP contribution in [0.4, 0.5) is 0 Å². The summed E-state index contributed by atoms with van der Waals surface area (Å²) >= 11 is 1.57. The van der Waals surface area contributed by atoms with Crippen LogP contribution in [-0.2, 0) is 9.53 Å². The Labute approximate surface area is 93.3 Å². The Morgan fingerprint density at radius 3 is 2.80 bits per heavy atom. The molecular formula is C12H12O2S. The van der Waals surface area contributed by atoms with Crippen molar-refractivity contribution in [3.8, 4) is 0 Å². The first-order valence-electron chi connectivity index (χ1n) is 4.94. The number of cyclic esters (lactones) is 1. The molecule has 0 aromatic heterocycles. The Bertz CT molecular complexity index is 370. The summed E-state index contributed by atoms with van der Waals surface area (Å²) in [6.07, 6.45) is 1.77. The molecule has 3 heteroatoms. The molecule has 1 fully saturated rings. The summed E-state index contributed by atoms with van der Waals surface area (Å²) in [5.41, 5.74) is 0.787. The van der Waals surface area contributed by atoms with E-state index in [2.05, 4.69) is 0 Å². The number of esters is 1. The van der Waals surface area contributed by atoms with Crippen molar-refractivity contribution in [2.45, 2.75) is 17.7 Å². The maximum absolute atomic E-state index is 11.3. The van der Waals surface area contributed by atoms with Gasteiger partial charge in [-0.1, -0.05) is 30.0 Å². The highest BCUT2D eigenvalue weighted by molar-refractivity contribution is 8.02. The molecule has 0 amide bonds. The molecule has 0 unspecified atom stereocenters. The van der Waals surface area contributed by atoms with E-state index in [0.717, 1.165) is 23.3 Å². The van der Waals surface area contributed by atoms with Gasteiger partial charge >= 0.3 is 5.97 Å². The van der Waals surface area contributed by atoms with Crippen molar-refractivity contribution >= 4 is 17.7 Å². The first-order chi connectivity index (χ1) is 7.36. The first kappa shape index (κ1) is 10.3. The fourth-order valence-electron chi connectivity index (χ4n) is 1.37. The highest BCUT2D eigenvalue weighted by atomic mass is 32.2. The van der Waals surface area contributed by atoms with Gasteiger partial charge in [0.25, 0.3) is 0 Å². The third-order valence-electron chi connectivity index (χ3n) is 2.17. The third-order valence-corrected chi connectivity index (χ3v) is 3.11. The number of benzene rings is 1. The lowest BCUT2D eigenvalue weighted by atomic mass is 10.1. The molecule has 2 rings (SSSR count). The van der Waals surface area contributed by atoms with Crippen LogP contribution < -0.4 is 0 Å². The highest BCUT2D eigenvalue weighted by Crippen LogP contribution is 2.23. The van der Waals surface area contributed by atoms with Crippen molar-refractivity contribution < 1.29 is 9.53 Å². The Hall–Kier alpha value is -1.22. The van der Waals surface area contributed by atoms with Crippen LogP contribution in [-0.4, -0.2) is 12.6 Å². The zero-order valence-corrected chi connectivity index (χ0v) is 9.13. The van der Waals surface area contributed by atoms with E-state index < -0.39 is 0 Å². The van der Waals surface area contributed by atoms with Crippen LogP contribution in [0.1, 0.15) is 12.8 Å². The molecule has 1 aliphatic heterocycles. The second-order valence-corrected chi connectivity index (χ2v) is 4.26. The lowest BCUT2D eigenvalue weighted by Crippen LogP contribution is -2.14. The normalized spacial score (nSPS) is 18.9. The molecule has 15 heavy (non-hydrogen) atoms. The van der Waals surface area contributed by atoms with Gasteiger partial charge in [-0.2, -0.15) is 0 Å². The smallest absolute Gasteiger partial charge is 0.334 e. The van der Waals surface area contributed by atoms with Crippen LogP contribution in [0.25, 0.3) is 0 Å². The van der Waals surface area contributed by atoms with Crippen LogP contribution in [0.15, 0.2) is 46.2 Å². The molecule has 1 aromatic carbocycles. The molecule has 0 spiro atoms. The molecule has 1 aliphatic rings. The SMILES string of the molecule is O=C1OCCC/C1=C/Sc1ccccc1. The maximum Gasteiger partial charge on any atom is 0.334 e. The van der Waals surface area contributed by atoms with Gasteiger partial charge in [-0.3, -0.25) is 0 Å². The van der Waals surface area contributed by atoms with E-state index >= 15 is 0 Å². The van der Waals surface area contributed by atoms with E-state index in [-0.39, 0.29) is 5.97 Å². The molecule has 1 heterocycles. The quantitative estimate of drug-likeness (QED) is 0.435. The summed E-state index contributed by atoms with van der Waals surface area (Å²) in [7, 11) is 0. The van der Waals surface area contributed by atoms with E-state index in [0.29, 0.717) is 6.61 Å². The van der Waals surface area contributed by atoms with Crippen molar-refractivity contribution in [3.63, 3.8) is 0 Å². The van der Waals surface area contributed by atoms with E-state index in [1.54, 1.807) is 11.8 Å². The van der Waals surface area contributed by atoms with E-state index in [1.807, 2.05) is 35.7 Å². The van der Waals surface area contributed by atoms with Gasteiger partial charge in [0.2, 0.25) is 0 Å².